The summed E-state index contributed by atoms with van der Waals surface area (Å²) in [6.07, 6.45) is 0.354. The topological polar surface area (TPSA) is 53.2 Å². The Morgan fingerprint density at radius 2 is 2.33 bits per heavy atom. The highest BCUT2D eigenvalue weighted by molar-refractivity contribution is 9.10. The average Bonchev–Trinajstić information content (AvgIpc) is 2.42. The average molecular weight is 314 g/mol. The molecule has 0 spiro atoms. The smallest absolute Gasteiger partial charge is 0.137 e. The van der Waals surface area contributed by atoms with Crippen molar-refractivity contribution in [3.05, 3.63) is 34.1 Å². The highest BCUT2D eigenvalue weighted by Crippen LogP contribution is 2.41. The molecule has 0 bridgehead atoms. The summed E-state index contributed by atoms with van der Waals surface area (Å²) in [5.74, 6) is -0.392. The lowest BCUT2D eigenvalue weighted by atomic mass is 9.76. The van der Waals surface area contributed by atoms with E-state index >= 15 is 0 Å². The van der Waals surface area contributed by atoms with Gasteiger partial charge in [-0.05, 0) is 46.5 Å². The summed E-state index contributed by atoms with van der Waals surface area (Å²) in [4.78, 5) is 0. The first-order valence-electron chi connectivity index (χ1n) is 5.71. The molecule has 1 saturated heterocycles. The molecule has 1 fully saturated rings. The molecule has 2 unspecified atom stereocenters. The fourth-order valence-electron chi connectivity index (χ4n) is 2.18. The molecule has 1 aliphatic heterocycles. The molecule has 0 radical (unpaired) electrons. The van der Waals surface area contributed by atoms with Crippen molar-refractivity contribution in [3.63, 3.8) is 0 Å². The van der Waals surface area contributed by atoms with Crippen molar-refractivity contribution in [2.45, 2.75) is 18.9 Å². The molecule has 3 nitrogen and oxygen atoms in total. The van der Waals surface area contributed by atoms with Gasteiger partial charge in [0.1, 0.15) is 11.2 Å². The summed E-state index contributed by atoms with van der Waals surface area (Å²) in [6, 6.07) is 6.45. The van der Waals surface area contributed by atoms with E-state index in [1.54, 1.807) is 0 Å². The lowest BCUT2D eigenvalue weighted by molar-refractivity contribution is -0.0506. The van der Waals surface area contributed by atoms with Crippen LogP contribution >= 0.6 is 15.9 Å². The van der Waals surface area contributed by atoms with Crippen LogP contribution in [0.1, 0.15) is 24.5 Å². The normalized spacial score (nSPS) is 25.4. The zero-order valence-electron chi connectivity index (χ0n) is 9.70. The van der Waals surface area contributed by atoms with Gasteiger partial charge in [0.2, 0.25) is 0 Å². The van der Waals surface area contributed by atoms with Crippen molar-refractivity contribution in [2.75, 3.05) is 13.2 Å². The van der Waals surface area contributed by atoms with Gasteiger partial charge in [-0.3, -0.25) is 0 Å². The minimum atomic E-state index is -0.973. The van der Waals surface area contributed by atoms with Gasteiger partial charge in [-0.15, -0.1) is 0 Å². The van der Waals surface area contributed by atoms with Crippen molar-refractivity contribution < 1.29 is 14.2 Å². The van der Waals surface area contributed by atoms with Crippen molar-refractivity contribution in [1.82, 2.24) is 0 Å². The molecule has 0 aromatic heterocycles. The summed E-state index contributed by atoms with van der Waals surface area (Å²) in [5, 5.41) is 19.7. The molecule has 96 valence electrons. The summed E-state index contributed by atoms with van der Waals surface area (Å²) < 4.78 is 18.7. The van der Waals surface area contributed by atoms with Crippen LogP contribution in [0.5, 0.6) is 0 Å². The molecule has 2 rings (SSSR count). The third-order valence-electron chi connectivity index (χ3n) is 3.28. The summed E-state index contributed by atoms with van der Waals surface area (Å²) in [6.45, 7) is 0.822. The van der Waals surface area contributed by atoms with Crippen molar-refractivity contribution in [1.29, 1.82) is 5.26 Å². The van der Waals surface area contributed by atoms with Gasteiger partial charge in [0.15, 0.2) is 0 Å². The third-order valence-corrected chi connectivity index (χ3v) is 3.88. The van der Waals surface area contributed by atoms with Crippen LogP contribution in [0.15, 0.2) is 22.7 Å². The van der Waals surface area contributed by atoms with E-state index in [9.17, 15) is 14.8 Å². The predicted octanol–water partition coefficient (Wildman–Crippen LogP) is 2.94. The number of rotatable bonds is 2. The zero-order valence-corrected chi connectivity index (χ0v) is 11.3. The predicted molar refractivity (Wildman–Crippen MR) is 67.2 cm³/mol. The SMILES string of the molecule is N#CC1(C(O)c2ccc(F)c(Br)c2)CCCOC1. The van der Waals surface area contributed by atoms with Crippen LogP contribution in [0.2, 0.25) is 0 Å². The van der Waals surface area contributed by atoms with Crippen LogP contribution < -0.4 is 0 Å². The molecular weight excluding hydrogens is 301 g/mol. The van der Waals surface area contributed by atoms with Gasteiger partial charge in [-0.1, -0.05) is 6.07 Å². The Kier molecular flexibility index (Phi) is 4.00. The van der Waals surface area contributed by atoms with Crippen molar-refractivity contribution >= 4 is 15.9 Å². The molecule has 2 atom stereocenters. The zero-order chi connectivity index (χ0) is 13.2. The Labute approximate surface area is 113 Å². The minimum Gasteiger partial charge on any atom is -0.387 e. The molecule has 1 heterocycles. The molecule has 0 saturated carbocycles. The van der Waals surface area contributed by atoms with Crippen LogP contribution in [-0.4, -0.2) is 18.3 Å². The Balaban J connectivity index is 2.31. The molecule has 1 N–H and O–H groups in total. The maximum absolute atomic E-state index is 13.2. The van der Waals surface area contributed by atoms with E-state index in [1.165, 1.54) is 18.2 Å². The van der Waals surface area contributed by atoms with Gasteiger partial charge >= 0.3 is 0 Å². The molecule has 0 amide bonds. The van der Waals surface area contributed by atoms with Gasteiger partial charge in [-0.2, -0.15) is 5.26 Å². The Hall–Kier alpha value is -0.960. The molecule has 5 heteroatoms. The van der Waals surface area contributed by atoms with Gasteiger partial charge in [0.25, 0.3) is 0 Å². The van der Waals surface area contributed by atoms with E-state index in [2.05, 4.69) is 22.0 Å². The molecule has 0 aliphatic carbocycles. The quantitative estimate of drug-likeness (QED) is 0.913. The number of hydrogen-bond acceptors (Lipinski definition) is 3. The number of hydrogen-bond donors (Lipinski definition) is 1. The fourth-order valence-corrected chi connectivity index (χ4v) is 2.58. The van der Waals surface area contributed by atoms with Crippen LogP contribution in [0.25, 0.3) is 0 Å². The van der Waals surface area contributed by atoms with Crippen LogP contribution in [0.3, 0.4) is 0 Å². The second kappa shape index (κ2) is 5.35. The van der Waals surface area contributed by atoms with Gasteiger partial charge in [0.05, 0.1) is 23.3 Å². The Bertz CT molecular complexity index is 480. The first kappa shape index (κ1) is 13.5. The number of nitrogens with zero attached hydrogens (tertiary/aromatic N) is 1. The van der Waals surface area contributed by atoms with Gasteiger partial charge < -0.3 is 9.84 Å². The fraction of sp³-hybridized carbons (Fsp3) is 0.462. The summed E-state index contributed by atoms with van der Waals surface area (Å²) in [5.41, 5.74) is -0.412. The molecule has 1 aliphatic rings. The molecule has 1 aromatic rings. The van der Waals surface area contributed by atoms with Crippen LogP contribution in [0.4, 0.5) is 4.39 Å². The standard InChI is InChI=1S/C13H13BrFNO2/c14-10-6-9(2-3-11(10)15)12(17)13(7-16)4-1-5-18-8-13/h2-3,6,12,17H,1,4-5,8H2. The maximum atomic E-state index is 13.2. The van der Waals surface area contributed by atoms with E-state index < -0.39 is 17.3 Å². The number of nitriles is 1. The Morgan fingerprint density at radius 1 is 1.56 bits per heavy atom. The largest absolute Gasteiger partial charge is 0.387 e. The highest BCUT2D eigenvalue weighted by Gasteiger charge is 2.41. The third kappa shape index (κ3) is 2.41. The van der Waals surface area contributed by atoms with Crippen LogP contribution in [0, 0.1) is 22.6 Å². The molecule has 1 aromatic carbocycles. The second-order valence-corrected chi connectivity index (χ2v) is 5.35. The van der Waals surface area contributed by atoms with Crippen LogP contribution in [-0.2, 0) is 4.74 Å². The lowest BCUT2D eigenvalue weighted by Gasteiger charge is -2.35. The van der Waals surface area contributed by atoms with E-state index in [0.29, 0.717) is 18.6 Å². The number of halogens is 2. The Morgan fingerprint density at radius 3 is 2.89 bits per heavy atom. The number of aliphatic hydroxyl groups is 1. The highest BCUT2D eigenvalue weighted by atomic mass is 79.9. The molecular formula is C13H13BrFNO2. The van der Waals surface area contributed by atoms with E-state index in [4.69, 9.17) is 4.74 Å². The first-order valence-corrected chi connectivity index (χ1v) is 6.50. The van der Waals surface area contributed by atoms with Gasteiger partial charge in [0, 0.05) is 6.61 Å². The van der Waals surface area contributed by atoms with Gasteiger partial charge in [-0.25, -0.2) is 4.39 Å². The number of ether oxygens (including phenoxy) is 1. The molecule has 18 heavy (non-hydrogen) atoms. The minimum absolute atomic E-state index is 0.208. The van der Waals surface area contributed by atoms with E-state index in [1.807, 2.05) is 0 Å². The van der Waals surface area contributed by atoms with E-state index in [0.717, 1.165) is 6.42 Å². The van der Waals surface area contributed by atoms with Crippen molar-refractivity contribution in [3.8, 4) is 6.07 Å². The van der Waals surface area contributed by atoms with Crippen molar-refractivity contribution in [2.24, 2.45) is 5.41 Å². The monoisotopic (exact) mass is 313 g/mol. The lowest BCUT2D eigenvalue weighted by Crippen LogP contribution is -2.36. The first-order chi connectivity index (χ1) is 8.59. The number of aliphatic hydroxyl groups excluding tert-OH is 1. The summed E-state index contributed by atoms with van der Waals surface area (Å²) >= 11 is 3.08. The maximum Gasteiger partial charge on any atom is 0.137 e. The summed E-state index contributed by atoms with van der Waals surface area (Å²) in [7, 11) is 0. The van der Waals surface area contributed by atoms with E-state index in [-0.39, 0.29) is 11.1 Å². The second-order valence-electron chi connectivity index (χ2n) is 4.50. The number of benzene rings is 1.